The summed E-state index contributed by atoms with van der Waals surface area (Å²) in [5.74, 6) is 0.788. The van der Waals surface area contributed by atoms with Crippen LogP contribution in [0.3, 0.4) is 0 Å². The van der Waals surface area contributed by atoms with Crippen LogP contribution in [0, 0.1) is 18.3 Å². The van der Waals surface area contributed by atoms with Crippen LogP contribution in [-0.4, -0.2) is 52.9 Å². The Morgan fingerprint density at radius 1 is 1.20 bits per heavy atom. The van der Waals surface area contributed by atoms with E-state index in [1.165, 1.54) is 0 Å². The summed E-state index contributed by atoms with van der Waals surface area (Å²) in [5.41, 5.74) is 2.39. The molecule has 2 aromatic heterocycles. The first-order chi connectivity index (χ1) is 9.60. The average molecular weight is 270 g/mol. The van der Waals surface area contributed by atoms with Gasteiger partial charge in [0.05, 0.1) is 11.3 Å². The molecule has 3 rings (SSSR count). The number of aryl methyl sites for hydroxylation is 2. The lowest BCUT2D eigenvalue weighted by Crippen LogP contribution is -2.45. The van der Waals surface area contributed by atoms with Gasteiger partial charge in [0, 0.05) is 38.6 Å². The van der Waals surface area contributed by atoms with Crippen molar-refractivity contribution in [2.24, 2.45) is 7.05 Å². The Hall–Kier alpha value is -2.13. The van der Waals surface area contributed by atoms with E-state index in [9.17, 15) is 5.26 Å². The lowest BCUT2D eigenvalue weighted by molar-refractivity contribution is 0.312. The smallest absolute Gasteiger partial charge is 0.160 e. The minimum atomic E-state index is 0.637. The Kier molecular flexibility index (Phi) is 3.07. The maximum atomic E-state index is 9.40. The number of hydrogen-bond acceptors (Lipinski definition) is 5. The first-order valence-corrected chi connectivity index (χ1v) is 6.78. The predicted molar refractivity (Wildman–Crippen MR) is 77.7 cm³/mol. The normalized spacial score (nSPS) is 16.6. The van der Waals surface area contributed by atoms with Gasteiger partial charge in [-0.3, -0.25) is 4.68 Å². The Morgan fingerprint density at radius 3 is 2.55 bits per heavy atom. The number of piperazine rings is 1. The first kappa shape index (κ1) is 12.9. The molecule has 0 spiro atoms. The van der Waals surface area contributed by atoms with Crippen LogP contribution < -0.4 is 4.90 Å². The zero-order valence-electron chi connectivity index (χ0n) is 12.1. The highest BCUT2D eigenvalue weighted by Gasteiger charge is 2.20. The van der Waals surface area contributed by atoms with E-state index in [1.807, 2.05) is 20.0 Å². The van der Waals surface area contributed by atoms with E-state index < -0.39 is 0 Å². The molecule has 1 aliphatic heterocycles. The number of hydrogen-bond donors (Lipinski definition) is 0. The summed E-state index contributed by atoms with van der Waals surface area (Å²) in [5, 5.41) is 14.7. The highest BCUT2D eigenvalue weighted by atomic mass is 15.3. The van der Waals surface area contributed by atoms with Crippen molar-refractivity contribution in [3.8, 4) is 6.07 Å². The molecule has 0 unspecified atom stereocenters. The van der Waals surface area contributed by atoms with Crippen LogP contribution in [-0.2, 0) is 7.05 Å². The van der Waals surface area contributed by atoms with Gasteiger partial charge >= 0.3 is 0 Å². The molecule has 2 aromatic rings. The fraction of sp³-hybridized carbons (Fsp3) is 0.500. The van der Waals surface area contributed by atoms with E-state index in [0.29, 0.717) is 5.56 Å². The van der Waals surface area contributed by atoms with Crippen LogP contribution in [0.4, 0.5) is 5.82 Å². The molecule has 0 radical (unpaired) electrons. The summed E-state index contributed by atoms with van der Waals surface area (Å²) >= 11 is 0. The van der Waals surface area contributed by atoms with Gasteiger partial charge in [0.2, 0.25) is 0 Å². The number of likely N-dealkylation sites (N-methyl/N-ethyl adjacent to an activating group) is 1. The molecule has 0 amide bonds. The number of anilines is 1. The molecule has 0 aliphatic carbocycles. The van der Waals surface area contributed by atoms with Gasteiger partial charge in [-0.1, -0.05) is 0 Å². The molecule has 104 valence electrons. The highest BCUT2D eigenvalue weighted by molar-refractivity contribution is 5.82. The maximum absolute atomic E-state index is 9.40. The zero-order chi connectivity index (χ0) is 14.3. The summed E-state index contributed by atoms with van der Waals surface area (Å²) in [6.45, 7) is 5.74. The summed E-state index contributed by atoms with van der Waals surface area (Å²) in [6, 6.07) is 4.19. The van der Waals surface area contributed by atoms with E-state index in [2.05, 4.69) is 28.0 Å². The van der Waals surface area contributed by atoms with E-state index in [-0.39, 0.29) is 0 Å². The largest absolute Gasteiger partial charge is 0.353 e. The molecule has 0 atom stereocenters. The third-order valence-corrected chi connectivity index (χ3v) is 3.90. The Morgan fingerprint density at radius 2 is 1.90 bits per heavy atom. The van der Waals surface area contributed by atoms with Crippen LogP contribution in [0.25, 0.3) is 11.0 Å². The van der Waals surface area contributed by atoms with Crippen LogP contribution in [0.2, 0.25) is 0 Å². The van der Waals surface area contributed by atoms with Crippen LogP contribution in [0.5, 0.6) is 0 Å². The molecular formula is C14H18N6. The summed E-state index contributed by atoms with van der Waals surface area (Å²) in [7, 11) is 4.01. The van der Waals surface area contributed by atoms with E-state index in [1.54, 1.807) is 4.68 Å². The van der Waals surface area contributed by atoms with Gasteiger partial charge in [0.1, 0.15) is 11.9 Å². The molecule has 0 aromatic carbocycles. The van der Waals surface area contributed by atoms with E-state index >= 15 is 0 Å². The van der Waals surface area contributed by atoms with Gasteiger partial charge in [-0.2, -0.15) is 10.4 Å². The molecule has 0 bridgehead atoms. The van der Waals surface area contributed by atoms with Gasteiger partial charge in [0.25, 0.3) is 0 Å². The predicted octanol–water partition coefficient (Wildman–Crippen LogP) is 0.900. The lowest BCUT2D eigenvalue weighted by atomic mass is 10.2. The van der Waals surface area contributed by atoms with Crippen LogP contribution in [0.1, 0.15) is 11.3 Å². The number of pyridine rings is 1. The fourth-order valence-corrected chi connectivity index (χ4v) is 2.67. The Bertz CT molecular complexity index is 688. The second kappa shape index (κ2) is 4.76. The highest BCUT2D eigenvalue weighted by Crippen LogP contribution is 2.25. The third kappa shape index (κ3) is 2.00. The van der Waals surface area contributed by atoms with Crippen molar-refractivity contribution >= 4 is 16.9 Å². The molecule has 6 nitrogen and oxygen atoms in total. The van der Waals surface area contributed by atoms with Crippen molar-refractivity contribution in [3.63, 3.8) is 0 Å². The van der Waals surface area contributed by atoms with Gasteiger partial charge in [-0.15, -0.1) is 0 Å². The van der Waals surface area contributed by atoms with Crippen molar-refractivity contribution in [1.82, 2.24) is 19.7 Å². The van der Waals surface area contributed by atoms with E-state index in [4.69, 9.17) is 4.98 Å². The number of rotatable bonds is 1. The number of nitrogens with zero attached hydrogens (tertiary/aromatic N) is 6. The van der Waals surface area contributed by atoms with Crippen molar-refractivity contribution in [1.29, 1.82) is 5.26 Å². The quantitative estimate of drug-likeness (QED) is 0.770. The van der Waals surface area contributed by atoms with Crippen molar-refractivity contribution in [3.05, 3.63) is 17.3 Å². The summed E-state index contributed by atoms with van der Waals surface area (Å²) in [4.78, 5) is 9.18. The molecule has 6 heteroatoms. The standard InChI is InChI=1S/C14H18N6/c1-10-12-8-11(9-15)13(16-14(12)19(3)17-10)20-6-4-18(2)5-7-20/h8H,4-7H2,1-3H3. The zero-order valence-corrected chi connectivity index (χ0v) is 12.1. The summed E-state index contributed by atoms with van der Waals surface area (Å²) < 4.78 is 1.78. The molecule has 0 N–H and O–H groups in total. The maximum Gasteiger partial charge on any atom is 0.160 e. The second-order valence-electron chi connectivity index (χ2n) is 5.34. The molecule has 1 fully saturated rings. The fourth-order valence-electron chi connectivity index (χ4n) is 2.67. The molecular weight excluding hydrogens is 252 g/mol. The molecule has 1 saturated heterocycles. The minimum Gasteiger partial charge on any atom is -0.353 e. The van der Waals surface area contributed by atoms with Crippen molar-refractivity contribution < 1.29 is 0 Å². The molecule has 20 heavy (non-hydrogen) atoms. The Labute approximate surface area is 118 Å². The number of fused-ring (bicyclic) bond motifs is 1. The van der Waals surface area contributed by atoms with Gasteiger partial charge in [0.15, 0.2) is 5.65 Å². The summed E-state index contributed by atoms with van der Waals surface area (Å²) in [6.07, 6.45) is 0. The molecule has 0 saturated carbocycles. The van der Waals surface area contributed by atoms with Gasteiger partial charge in [-0.25, -0.2) is 4.98 Å². The third-order valence-electron chi connectivity index (χ3n) is 3.90. The van der Waals surface area contributed by atoms with Crippen LogP contribution >= 0.6 is 0 Å². The SMILES string of the molecule is Cc1nn(C)c2nc(N3CCN(C)CC3)c(C#N)cc12. The molecule has 1 aliphatic rings. The first-order valence-electron chi connectivity index (χ1n) is 6.78. The van der Waals surface area contributed by atoms with E-state index in [0.717, 1.165) is 48.7 Å². The second-order valence-corrected chi connectivity index (χ2v) is 5.34. The minimum absolute atomic E-state index is 0.637. The molecule has 3 heterocycles. The Balaban J connectivity index is 2.10. The van der Waals surface area contributed by atoms with Gasteiger partial charge in [-0.05, 0) is 20.0 Å². The van der Waals surface area contributed by atoms with Gasteiger partial charge < -0.3 is 9.80 Å². The lowest BCUT2D eigenvalue weighted by Gasteiger charge is -2.33. The number of aromatic nitrogens is 3. The van der Waals surface area contributed by atoms with Crippen molar-refractivity contribution in [2.75, 3.05) is 38.1 Å². The van der Waals surface area contributed by atoms with Crippen LogP contribution in [0.15, 0.2) is 6.07 Å². The monoisotopic (exact) mass is 270 g/mol. The topological polar surface area (TPSA) is 61.0 Å². The van der Waals surface area contributed by atoms with Crippen molar-refractivity contribution in [2.45, 2.75) is 6.92 Å². The average Bonchev–Trinajstić information content (AvgIpc) is 2.73. The number of nitriles is 1.